The van der Waals surface area contributed by atoms with Crippen molar-refractivity contribution >= 4 is 8.38 Å². The predicted octanol–water partition coefficient (Wildman–Crippen LogP) is 1.63. The van der Waals surface area contributed by atoms with Crippen LogP contribution in [-0.2, 0) is 4.74 Å². The summed E-state index contributed by atoms with van der Waals surface area (Å²) in [6, 6.07) is 0. The van der Waals surface area contributed by atoms with Gasteiger partial charge < -0.3 is 14.5 Å². The van der Waals surface area contributed by atoms with Gasteiger partial charge in [-0.2, -0.15) is 0 Å². The molecule has 0 radical (unpaired) electrons. The highest BCUT2D eigenvalue weighted by Gasteiger charge is 2.21. The lowest BCUT2D eigenvalue weighted by Crippen LogP contribution is -2.08. The van der Waals surface area contributed by atoms with Crippen LogP contribution in [0.5, 0.6) is 0 Å². The summed E-state index contributed by atoms with van der Waals surface area (Å²) in [5.74, 6) is 0. The maximum atomic E-state index is 8.66. The fraction of sp³-hybridized carbons (Fsp3) is 1.00. The quantitative estimate of drug-likeness (QED) is 0.665. The normalized spacial score (nSPS) is 30.0. The first-order valence-electron chi connectivity index (χ1n) is 4.49. The third kappa shape index (κ3) is 3.81. The minimum absolute atomic E-state index is 0.370. The third-order valence-electron chi connectivity index (χ3n) is 2.20. The standard InChI is InChI=1S/C8H17O3P/c1-7-4-5-8(11-7)3-2-6-12(9)10/h7-10H,2-6H2,1H3. The Labute approximate surface area is 74.7 Å². The van der Waals surface area contributed by atoms with Gasteiger partial charge in [0.2, 0.25) is 0 Å². The molecule has 2 atom stereocenters. The van der Waals surface area contributed by atoms with Gasteiger partial charge in [0.05, 0.1) is 12.2 Å². The van der Waals surface area contributed by atoms with Gasteiger partial charge in [-0.05, 0) is 32.6 Å². The number of hydrogen-bond donors (Lipinski definition) is 2. The van der Waals surface area contributed by atoms with E-state index in [1.54, 1.807) is 0 Å². The van der Waals surface area contributed by atoms with E-state index in [4.69, 9.17) is 14.5 Å². The Morgan fingerprint density at radius 2 is 2.17 bits per heavy atom. The molecule has 0 aliphatic carbocycles. The van der Waals surface area contributed by atoms with Gasteiger partial charge in [-0.3, -0.25) is 0 Å². The Morgan fingerprint density at radius 1 is 1.42 bits per heavy atom. The summed E-state index contributed by atoms with van der Waals surface area (Å²) in [7, 11) is -1.69. The third-order valence-corrected chi connectivity index (χ3v) is 2.92. The first-order valence-corrected chi connectivity index (χ1v) is 5.92. The molecule has 1 aliphatic rings. The largest absolute Gasteiger partial charge is 0.375 e. The minimum atomic E-state index is -1.69. The van der Waals surface area contributed by atoms with Crippen molar-refractivity contribution in [1.82, 2.24) is 0 Å². The summed E-state index contributed by atoms with van der Waals surface area (Å²) in [5.41, 5.74) is 0. The van der Waals surface area contributed by atoms with E-state index >= 15 is 0 Å². The second kappa shape index (κ2) is 5.13. The molecule has 0 saturated carbocycles. The van der Waals surface area contributed by atoms with E-state index < -0.39 is 8.38 Å². The van der Waals surface area contributed by atoms with Gasteiger partial charge in [-0.15, -0.1) is 0 Å². The van der Waals surface area contributed by atoms with E-state index in [1.807, 2.05) is 0 Å². The lowest BCUT2D eigenvalue weighted by Gasteiger charge is -2.10. The molecule has 1 aliphatic heterocycles. The number of ether oxygens (including phenoxy) is 1. The molecule has 1 saturated heterocycles. The average molecular weight is 192 g/mol. The molecular formula is C8H17O3P. The lowest BCUT2D eigenvalue weighted by molar-refractivity contribution is 0.0507. The summed E-state index contributed by atoms with van der Waals surface area (Å²) in [4.78, 5) is 17.3. The Hall–Kier alpha value is 0.310. The zero-order valence-corrected chi connectivity index (χ0v) is 8.33. The number of rotatable bonds is 4. The van der Waals surface area contributed by atoms with Crippen LogP contribution >= 0.6 is 8.38 Å². The summed E-state index contributed by atoms with van der Waals surface area (Å²) in [6.07, 6.45) is 5.44. The van der Waals surface area contributed by atoms with Crippen LogP contribution in [0, 0.1) is 0 Å². The zero-order chi connectivity index (χ0) is 8.97. The molecule has 0 bridgehead atoms. The van der Waals surface area contributed by atoms with Crippen LogP contribution in [0.3, 0.4) is 0 Å². The van der Waals surface area contributed by atoms with Crippen LogP contribution in [0.25, 0.3) is 0 Å². The molecule has 0 aromatic rings. The molecule has 0 aromatic carbocycles. The van der Waals surface area contributed by atoms with E-state index in [1.165, 1.54) is 0 Å². The predicted molar refractivity (Wildman–Crippen MR) is 49.0 cm³/mol. The highest BCUT2D eigenvalue weighted by molar-refractivity contribution is 7.45. The van der Waals surface area contributed by atoms with Crippen molar-refractivity contribution in [2.75, 3.05) is 6.16 Å². The van der Waals surface area contributed by atoms with Crippen LogP contribution in [0.1, 0.15) is 32.6 Å². The van der Waals surface area contributed by atoms with E-state index in [-0.39, 0.29) is 0 Å². The molecule has 1 rings (SSSR count). The summed E-state index contributed by atoms with van der Waals surface area (Å²) >= 11 is 0. The van der Waals surface area contributed by atoms with Crippen molar-refractivity contribution in [2.24, 2.45) is 0 Å². The highest BCUT2D eigenvalue weighted by Crippen LogP contribution is 2.27. The molecule has 0 amide bonds. The first-order chi connectivity index (χ1) is 5.68. The Bertz CT molecular complexity index is 129. The molecule has 0 aromatic heterocycles. The van der Waals surface area contributed by atoms with Gasteiger partial charge in [0, 0.05) is 6.16 Å². The molecule has 2 N–H and O–H groups in total. The van der Waals surface area contributed by atoms with Crippen molar-refractivity contribution in [3.8, 4) is 0 Å². The average Bonchev–Trinajstić information content (AvgIpc) is 2.35. The first kappa shape index (κ1) is 10.4. The monoisotopic (exact) mass is 192 g/mol. The second-order valence-electron chi connectivity index (χ2n) is 3.38. The summed E-state index contributed by atoms with van der Waals surface area (Å²) < 4.78 is 5.59. The second-order valence-corrected chi connectivity index (χ2v) is 4.58. The SMILES string of the molecule is CC1CCC(CCCP(O)O)O1. The van der Waals surface area contributed by atoms with E-state index in [9.17, 15) is 0 Å². The van der Waals surface area contributed by atoms with Crippen LogP contribution in [0.15, 0.2) is 0 Å². The molecule has 3 nitrogen and oxygen atoms in total. The van der Waals surface area contributed by atoms with Crippen molar-refractivity contribution in [2.45, 2.75) is 44.8 Å². The fourth-order valence-corrected chi connectivity index (χ4v) is 2.02. The van der Waals surface area contributed by atoms with Crippen LogP contribution in [0.2, 0.25) is 0 Å². The van der Waals surface area contributed by atoms with Crippen LogP contribution in [-0.4, -0.2) is 28.2 Å². The zero-order valence-electron chi connectivity index (χ0n) is 7.44. The van der Waals surface area contributed by atoms with E-state index in [0.717, 1.165) is 25.7 Å². The molecule has 12 heavy (non-hydrogen) atoms. The van der Waals surface area contributed by atoms with Crippen LogP contribution < -0.4 is 0 Å². The number of hydrogen-bond acceptors (Lipinski definition) is 3. The van der Waals surface area contributed by atoms with Gasteiger partial charge in [0.25, 0.3) is 0 Å². The van der Waals surface area contributed by atoms with E-state index in [0.29, 0.717) is 18.4 Å². The topological polar surface area (TPSA) is 49.7 Å². The van der Waals surface area contributed by atoms with Crippen molar-refractivity contribution in [1.29, 1.82) is 0 Å². The Morgan fingerprint density at radius 3 is 2.67 bits per heavy atom. The van der Waals surface area contributed by atoms with Gasteiger partial charge in [-0.25, -0.2) is 0 Å². The molecule has 1 fully saturated rings. The molecule has 2 unspecified atom stereocenters. The van der Waals surface area contributed by atoms with Crippen LogP contribution in [0.4, 0.5) is 0 Å². The lowest BCUT2D eigenvalue weighted by atomic mass is 10.1. The smallest absolute Gasteiger partial charge is 0.164 e. The molecule has 0 spiro atoms. The highest BCUT2D eigenvalue weighted by atomic mass is 31.2. The minimum Gasteiger partial charge on any atom is -0.375 e. The van der Waals surface area contributed by atoms with E-state index in [2.05, 4.69) is 6.92 Å². The van der Waals surface area contributed by atoms with Crippen molar-refractivity contribution in [3.63, 3.8) is 0 Å². The van der Waals surface area contributed by atoms with Gasteiger partial charge in [-0.1, -0.05) is 0 Å². The maximum absolute atomic E-state index is 8.66. The van der Waals surface area contributed by atoms with Gasteiger partial charge in [0.1, 0.15) is 0 Å². The van der Waals surface area contributed by atoms with Crippen molar-refractivity contribution < 1.29 is 14.5 Å². The van der Waals surface area contributed by atoms with Gasteiger partial charge >= 0.3 is 0 Å². The summed E-state index contributed by atoms with van der Waals surface area (Å²) in [5, 5.41) is 0. The molecule has 72 valence electrons. The van der Waals surface area contributed by atoms with Gasteiger partial charge in [0.15, 0.2) is 8.38 Å². The Balaban J connectivity index is 2.00. The maximum Gasteiger partial charge on any atom is 0.164 e. The molecular weight excluding hydrogens is 175 g/mol. The Kier molecular flexibility index (Phi) is 4.44. The molecule has 4 heteroatoms. The molecule has 1 heterocycles. The fourth-order valence-electron chi connectivity index (χ4n) is 1.56. The summed E-state index contributed by atoms with van der Waals surface area (Å²) in [6.45, 7) is 2.09. The van der Waals surface area contributed by atoms with Crippen molar-refractivity contribution in [3.05, 3.63) is 0 Å².